The Morgan fingerprint density at radius 3 is 2.63 bits per heavy atom. The van der Waals surface area contributed by atoms with Crippen molar-refractivity contribution in [2.45, 2.75) is 19.1 Å². The Morgan fingerprint density at radius 2 is 2.05 bits per heavy atom. The molecule has 2 aromatic rings. The van der Waals surface area contributed by atoms with Crippen LogP contribution in [0.3, 0.4) is 0 Å². The van der Waals surface area contributed by atoms with Crippen molar-refractivity contribution in [3.8, 4) is 0 Å². The number of oxazole rings is 1. The summed E-state index contributed by atoms with van der Waals surface area (Å²) in [6.45, 7) is 3.74. The first-order valence-electron chi connectivity index (χ1n) is 5.67. The number of anilines is 1. The average molecular weight is 341 g/mol. The molecule has 0 aliphatic carbocycles. The van der Waals surface area contributed by atoms with E-state index in [2.05, 4.69) is 26.2 Å². The van der Waals surface area contributed by atoms with Crippen molar-refractivity contribution in [2.24, 2.45) is 0 Å². The highest BCUT2D eigenvalue weighted by Crippen LogP contribution is 2.20. The summed E-state index contributed by atoms with van der Waals surface area (Å²) in [5.74, 6) is 0.978. The summed E-state index contributed by atoms with van der Waals surface area (Å²) in [6.07, 6.45) is 0. The van der Waals surface area contributed by atoms with E-state index in [0.29, 0.717) is 5.22 Å². The van der Waals surface area contributed by atoms with Crippen molar-refractivity contribution in [3.05, 3.63) is 40.2 Å². The molecule has 0 atom stereocenters. The van der Waals surface area contributed by atoms with Gasteiger partial charge in [0.05, 0.1) is 11.4 Å². The van der Waals surface area contributed by atoms with Gasteiger partial charge in [0, 0.05) is 10.2 Å². The van der Waals surface area contributed by atoms with Crippen LogP contribution in [0.2, 0.25) is 0 Å². The van der Waals surface area contributed by atoms with Crippen LogP contribution in [0.5, 0.6) is 0 Å². The predicted octanol–water partition coefficient (Wildman–Crippen LogP) is 3.78. The molecular weight excluding hydrogens is 328 g/mol. The van der Waals surface area contributed by atoms with Gasteiger partial charge in [0.2, 0.25) is 5.91 Å². The van der Waals surface area contributed by atoms with E-state index in [1.807, 2.05) is 38.1 Å². The molecule has 0 saturated carbocycles. The minimum Gasteiger partial charge on any atom is -0.437 e. The van der Waals surface area contributed by atoms with Crippen molar-refractivity contribution < 1.29 is 9.21 Å². The fraction of sp³-hybridized carbons (Fsp3) is 0.231. The van der Waals surface area contributed by atoms with Gasteiger partial charge in [-0.1, -0.05) is 27.7 Å². The molecule has 19 heavy (non-hydrogen) atoms. The normalized spacial score (nSPS) is 10.5. The second-order valence-electron chi connectivity index (χ2n) is 3.97. The molecule has 100 valence electrons. The first-order chi connectivity index (χ1) is 9.04. The smallest absolute Gasteiger partial charge is 0.256 e. The SMILES string of the molecule is Cc1nc(SCC(=O)Nc2ccc(Br)cc2)oc1C. The summed E-state index contributed by atoms with van der Waals surface area (Å²) in [6, 6.07) is 7.44. The fourth-order valence-corrected chi connectivity index (χ4v) is 2.34. The third kappa shape index (κ3) is 4.11. The van der Waals surface area contributed by atoms with Gasteiger partial charge in [0.25, 0.3) is 5.22 Å². The number of rotatable bonds is 4. The second-order valence-corrected chi connectivity index (χ2v) is 5.81. The van der Waals surface area contributed by atoms with E-state index >= 15 is 0 Å². The summed E-state index contributed by atoms with van der Waals surface area (Å²) in [5.41, 5.74) is 1.63. The molecule has 2 rings (SSSR count). The number of nitrogens with one attached hydrogen (secondary N) is 1. The number of amides is 1. The van der Waals surface area contributed by atoms with E-state index in [0.717, 1.165) is 21.6 Å². The van der Waals surface area contributed by atoms with Crippen LogP contribution in [0.4, 0.5) is 5.69 Å². The molecule has 1 aromatic heterocycles. The Bertz CT molecular complexity index is 561. The van der Waals surface area contributed by atoms with Crippen LogP contribution in [0.1, 0.15) is 11.5 Å². The van der Waals surface area contributed by atoms with Gasteiger partial charge in [-0.25, -0.2) is 4.98 Å². The summed E-state index contributed by atoms with van der Waals surface area (Å²) in [5, 5.41) is 3.34. The monoisotopic (exact) mass is 340 g/mol. The second kappa shape index (κ2) is 6.25. The molecule has 1 N–H and O–H groups in total. The van der Waals surface area contributed by atoms with Crippen LogP contribution in [-0.4, -0.2) is 16.6 Å². The van der Waals surface area contributed by atoms with Crippen LogP contribution in [0.25, 0.3) is 0 Å². The molecular formula is C13H13BrN2O2S. The van der Waals surface area contributed by atoms with Gasteiger partial charge in [-0.3, -0.25) is 4.79 Å². The lowest BCUT2D eigenvalue weighted by Gasteiger charge is -2.03. The van der Waals surface area contributed by atoms with Crippen molar-refractivity contribution >= 4 is 39.3 Å². The number of aryl methyl sites for hydroxylation is 2. The Kier molecular flexibility index (Phi) is 4.66. The van der Waals surface area contributed by atoms with E-state index in [1.165, 1.54) is 11.8 Å². The molecule has 6 heteroatoms. The van der Waals surface area contributed by atoms with Crippen molar-refractivity contribution in [3.63, 3.8) is 0 Å². The van der Waals surface area contributed by atoms with Crippen LogP contribution in [0, 0.1) is 13.8 Å². The van der Waals surface area contributed by atoms with E-state index in [-0.39, 0.29) is 11.7 Å². The van der Waals surface area contributed by atoms with Crippen molar-refractivity contribution in [2.75, 3.05) is 11.1 Å². The number of benzene rings is 1. The maximum Gasteiger partial charge on any atom is 0.256 e. The van der Waals surface area contributed by atoms with Crippen LogP contribution < -0.4 is 5.32 Å². The summed E-state index contributed by atoms with van der Waals surface area (Å²) >= 11 is 4.63. The van der Waals surface area contributed by atoms with Gasteiger partial charge in [-0.15, -0.1) is 0 Å². The van der Waals surface area contributed by atoms with Gasteiger partial charge in [0.15, 0.2) is 0 Å². The third-order valence-electron chi connectivity index (χ3n) is 2.46. The van der Waals surface area contributed by atoms with Crippen molar-refractivity contribution in [1.82, 2.24) is 4.98 Å². The molecule has 0 saturated heterocycles. The van der Waals surface area contributed by atoms with Crippen molar-refractivity contribution in [1.29, 1.82) is 0 Å². The molecule has 0 unspecified atom stereocenters. The molecule has 0 aliphatic rings. The summed E-state index contributed by atoms with van der Waals surface area (Å²) in [7, 11) is 0. The Morgan fingerprint density at radius 1 is 1.37 bits per heavy atom. The zero-order valence-corrected chi connectivity index (χ0v) is 13.0. The highest BCUT2D eigenvalue weighted by Gasteiger charge is 2.09. The molecule has 0 fully saturated rings. The first kappa shape index (κ1) is 14.1. The van der Waals surface area contributed by atoms with E-state index in [9.17, 15) is 4.79 Å². The quantitative estimate of drug-likeness (QED) is 0.860. The number of thioether (sulfide) groups is 1. The van der Waals surface area contributed by atoms with Crippen LogP contribution >= 0.6 is 27.7 Å². The van der Waals surface area contributed by atoms with Gasteiger partial charge in [-0.2, -0.15) is 0 Å². The van der Waals surface area contributed by atoms with Gasteiger partial charge in [-0.05, 0) is 38.1 Å². The topological polar surface area (TPSA) is 55.1 Å². The summed E-state index contributed by atoms with van der Waals surface area (Å²) in [4.78, 5) is 16.0. The van der Waals surface area contributed by atoms with Crippen LogP contribution in [0.15, 0.2) is 38.4 Å². The Balaban J connectivity index is 1.86. The Labute approximate surface area is 124 Å². The standard InChI is InChI=1S/C13H13BrN2O2S/c1-8-9(2)18-13(15-8)19-7-12(17)16-11-5-3-10(14)4-6-11/h3-6H,7H2,1-2H3,(H,16,17). The van der Waals surface area contributed by atoms with E-state index in [4.69, 9.17) is 4.42 Å². The van der Waals surface area contributed by atoms with Gasteiger partial charge >= 0.3 is 0 Å². The molecule has 0 aliphatic heterocycles. The lowest BCUT2D eigenvalue weighted by molar-refractivity contribution is -0.113. The van der Waals surface area contributed by atoms with Gasteiger partial charge in [0.1, 0.15) is 5.76 Å². The first-order valence-corrected chi connectivity index (χ1v) is 7.44. The molecule has 4 nitrogen and oxygen atoms in total. The molecule has 0 radical (unpaired) electrons. The predicted molar refractivity (Wildman–Crippen MR) is 79.5 cm³/mol. The number of halogens is 1. The highest BCUT2D eigenvalue weighted by atomic mass is 79.9. The van der Waals surface area contributed by atoms with Gasteiger partial charge < -0.3 is 9.73 Å². The Hall–Kier alpha value is -1.27. The average Bonchev–Trinajstić information content (AvgIpc) is 2.69. The number of hydrogen-bond donors (Lipinski definition) is 1. The number of aromatic nitrogens is 1. The maximum atomic E-state index is 11.7. The number of carbonyl (C=O) groups excluding carboxylic acids is 1. The molecule has 1 heterocycles. The minimum atomic E-state index is -0.0826. The fourth-order valence-electron chi connectivity index (χ4n) is 1.36. The largest absolute Gasteiger partial charge is 0.437 e. The highest BCUT2D eigenvalue weighted by molar-refractivity contribution is 9.10. The zero-order valence-electron chi connectivity index (χ0n) is 10.6. The lowest BCUT2D eigenvalue weighted by atomic mass is 10.3. The maximum absolute atomic E-state index is 11.7. The number of hydrogen-bond acceptors (Lipinski definition) is 4. The number of nitrogens with zero attached hydrogens (tertiary/aromatic N) is 1. The van der Waals surface area contributed by atoms with Crippen LogP contribution in [-0.2, 0) is 4.79 Å². The number of carbonyl (C=O) groups is 1. The lowest BCUT2D eigenvalue weighted by Crippen LogP contribution is -2.13. The van der Waals surface area contributed by atoms with E-state index < -0.39 is 0 Å². The third-order valence-corrected chi connectivity index (χ3v) is 3.82. The molecule has 1 aromatic carbocycles. The molecule has 1 amide bonds. The van der Waals surface area contributed by atoms with E-state index in [1.54, 1.807) is 0 Å². The summed E-state index contributed by atoms with van der Waals surface area (Å²) < 4.78 is 6.37. The minimum absolute atomic E-state index is 0.0826. The zero-order chi connectivity index (χ0) is 13.8. The molecule has 0 bridgehead atoms. The molecule has 0 spiro atoms.